The number of nitrogens with zero attached hydrogens (tertiary/aromatic N) is 6. The Labute approximate surface area is 750 Å². The zero-order valence-corrected chi connectivity index (χ0v) is 75.1. The van der Waals surface area contributed by atoms with E-state index >= 15 is 0 Å². The molecule has 4 atom stereocenters. The van der Waals surface area contributed by atoms with Gasteiger partial charge in [0, 0.05) is 44.8 Å². The Balaban J connectivity index is 0.000000146. The largest absolute Gasteiger partial charge is 0.497 e. The van der Waals surface area contributed by atoms with Crippen LogP contribution in [0.15, 0.2) is 247 Å². The highest BCUT2D eigenvalue weighted by atomic mass is 32.2. The molecule has 668 valence electrons. The summed E-state index contributed by atoms with van der Waals surface area (Å²) in [4.78, 5) is 54.8. The minimum Gasteiger partial charge on any atom is -0.497 e. The Morgan fingerprint density at radius 3 is 1.01 bits per heavy atom. The number of carbonyl (C=O) groups is 3. The Morgan fingerprint density at radius 1 is 0.336 bits per heavy atom. The summed E-state index contributed by atoms with van der Waals surface area (Å²) < 4.78 is 118. The predicted octanol–water partition coefficient (Wildman–Crippen LogP) is 16.5. The van der Waals surface area contributed by atoms with Crippen LogP contribution in [0.25, 0.3) is 0 Å². The van der Waals surface area contributed by atoms with Crippen LogP contribution in [0.4, 0.5) is 0 Å². The standard InChI is InChI=1S/2C25H26N2O5.C25H27NO6S.C24H25NO5S/c1-29-19-6-8-20(9-7-19)32-16-22-21-14-24(31-3)23(30-2)13-17(21)10-12-27(22)25(28)18-5-4-11-26-15-18;1-29-18-7-9-19(10-8-18)32-16-22-20-15-24(31-3)23(30-2)14-17(20)11-13-27(22)25(28)21-6-4-5-12-26-21;1-29-19-9-11-20(12-10-19)32-17-23-22-16-25(31-3)24(30-2)15-18(22)13-14-26(23)33(27,28)21-7-5-4-6-8-21;1-27-17-6-8-18(9-7-17)30-15-20-19-14-22(29-3)21(28-2)13-16(19)10-11-25(20)24(26)23-5-4-12-31-23/h4-9,11,13-15,22H,10,12,16H2,1-3H3;4-10,12,14-15,22H,11,13,16H2,1-3H3;4-12,15-16,23H,13-14,17H2,1-3H3;4-9,12-14,20H,10-11,15H2,1-3H3. The first kappa shape index (κ1) is 91.8. The lowest BCUT2D eigenvalue weighted by molar-refractivity contribution is 0.0579. The third kappa shape index (κ3) is 21.6. The van der Waals surface area contributed by atoms with E-state index in [9.17, 15) is 22.8 Å². The maximum absolute atomic E-state index is 13.6. The number of carbonyl (C=O) groups excluding carboxylic acids is 3. The smallest absolute Gasteiger partial charge is 0.273 e. The van der Waals surface area contributed by atoms with E-state index < -0.39 is 16.1 Å². The van der Waals surface area contributed by atoms with E-state index in [1.807, 2.05) is 160 Å². The molecule has 0 aliphatic carbocycles. The van der Waals surface area contributed by atoms with Crippen molar-refractivity contribution in [2.75, 3.05) is 138 Å². The molecule has 27 nitrogen and oxygen atoms in total. The lowest BCUT2D eigenvalue weighted by Crippen LogP contribution is -2.42. The normalized spacial score (nSPS) is 15.3. The van der Waals surface area contributed by atoms with Crippen molar-refractivity contribution in [2.45, 2.75) is 54.7 Å². The maximum atomic E-state index is 13.6. The van der Waals surface area contributed by atoms with Gasteiger partial charge in [-0.25, -0.2) is 8.42 Å². The van der Waals surface area contributed by atoms with Crippen LogP contribution in [-0.4, -0.2) is 193 Å². The number of rotatable bonds is 29. The molecule has 3 aromatic heterocycles. The molecule has 0 N–H and O–H groups in total. The quantitative estimate of drug-likeness (QED) is 0.0421. The van der Waals surface area contributed by atoms with Gasteiger partial charge in [-0.3, -0.25) is 24.4 Å². The molecule has 4 unspecified atom stereocenters. The summed E-state index contributed by atoms with van der Waals surface area (Å²) in [5.74, 6) is 10.6. The fourth-order valence-corrected chi connectivity index (χ4v) is 18.1. The Bertz CT molecular complexity index is 5620. The minimum absolute atomic E-state index is 0.0127. The zero-order valence-electron chi connectivity index (χ0n) is 73.5. The van der Waals surface area contributed by atoms with Gasteiger partial charge in [0.25, 0.3) is 17.7 Å². The number of hydrogen-bond acceptors (Lipinski definition) is 24. The molecule has 12 aromatic rings. The first-order valence-electron chi connectivity index (χ1n) is 41.3. The van der Waals surface area contributed by atoms with E-state index in [2.05, 4.69) is 9.97 Å². The molecule has 0 saturated carbocycles. The topological polar surface area (TPSA) is 272 Å². The highest BCUT2D eigenvalue weighted by molar-refractivity contribution is 7.89. The van der Waals surface area contributed by atoms with Crippen molar-refractivity contribution in [3.8, 4) is 92.0 Å². The predicted molar refractivity (Wildman–Crippen MR) is 484 cm³/mol. The lowest BCUT2D eigenvalue weighted by atomic mass is 9.91. The van der Waals surface area contributed by atoms with Gasteiger partial charge in [0.1, 0.15) is 78.1 Å². The van der Waals surface area contributed by atoms with Crippen LogP contribution in [0, 0.1) is 0 Å². The molecule has 0 fully saturated rings. The summed E-state index contributed by atoms with van der Waals surface area (Å²) in [5, 5.41) is 1.92. The number of sulfonamides is 1. The van der Waals surface area contributed by atoms with Crippen molar-refractivity contribution in [1.29, 1.82) is 0 Å². The number of pyridine rings is 2. The fraction of sp³-hybridized carbons (Fsp3) is 0.283. The fourth-order valence-electron chi connectivity index (χ4n) is 15.8. The van der Waals surface area contributed by atoms with Gasteiger partial charge in [0.15, 0.2) is 46.0 Å². The number of benzene rings is 9. The van der Waals surface area contributed by atoms with E-state index in [0.717, 1.165) is 84.6 Å². The van der Waals surface area contributed by atoms with Crippen LogP contribution in [0.3, 0.4) is 0 Å². The SMILES string of the molecule is COc1ccc(OCC2c3cc(OC)c(OC)cc3CCN2C(=O)c2ccccn2)cc1.COc1ccc(OCC2c3cc(OC)c(OC)cc3CCN2C(=O)c2cccnc2)cc1.COc1ccc(OCC2c3cc(OC)c(OC)cc3CCN2C(=O)c2cccs2)cc1.COc1ccc(OCC2c3cc(OC)c(OC)cc3CCN2S(=O)(=O)c2ccccc2)cc1. The summed E-state index contributed by atoms with van der Waals surface area (Å²) in [6.45, 7) is 3.09. The van der Waals surface area contributed by atoms with Crippen molar-refractivity contribution in [2.24, 2.45) is 0 Å². The van der Waals surface area contributed by atoms with Crippen molar-refractivity contribution < 1.29 is 98.6 Å². The first-order chi connectivity index (χ1) is 62.4. The second-order valence-electron chi connectivity index (χ2n) is 29.5. The molecular formula is C99H104N6O21S2. The second-order valence-corrected chi connectivity index (χ2v) is 32.3. The van der Waals surface area contributed by atoms with Crippen LogP contribution in [0.1, 0.15) is 99.2 Å². The van der Waals surface area contributed by atoms with E-state index in [4.69, 9.17) is 75.8 Å². The van der Waals surface area contributed by atoms with E-state index in [1.165, 1.54) is 15.6 Å². The molecule has 0 bridgehead atoms. The number of ether oxygens (including phenoxy) is 16. The number of amides is 3. The van der Waals surface area contributed by atoms with Crippen molar-refractivity contribution in [3.63, 3.8) is 0 Å². The van der Waals surface area contributed by atoms with Crippen LogP contribution in [0.5, 0.6) is 92.0 Å². The van der Waals surface area contributed by atoms with Crippen LogP contribution in [-0.2, 0) is 35.7 Å². The molecule has 7 heterocycles. The van der Waals surface area contributed by atoms with Crippen molar-refractivity contribution >= 4 is 39.1 Å². The van der Waals surface area contributed by atoms with Gasteiger partial charge in [-0.15, -0.1) is 11.3 Å². The van der Waals surface area contributed by atoms with Gasteiger partial charge in [-0.05, 0) is 264 Å². The molecule has 4 aliphatic heterocycles. The Morgan fingerprint density at radius 2 is 0.672 bits per heavy atom. The van der Waals surface area contributed by atoms with Crippen LogP contribution < -0.4 is 75.8 Å². The number of hydrogen-bond donors (Lipinski definition) is 0. The Kier molecular flexibility index (Phi) is 31.4. The third-order valence-corrected chi connectivity index (χ3v) is 25.3. The maximum Gasteiger partial charge on any atom is 0.273 e. The molecular weight excluding hydrogens is 1670 g/mol. The summed E-state index contributed by atoms with van der Waals surface area (Å²) in [7, 11) is 15.6. The van der Waals surface area contributed by atoms with Gasteiger partial charge >= 0.3 is 0 Å². The van der Waals surface area contributed by atoms with E-state index in [-0.39, 0.29) is 54.0 Å². The second kappa shape index (κ2) is 43.8. The van der Waals surface area contributed by atoms with Gasteiger partial charge in [-0.1, -0.05) is 30.3 Å². The number of aromatic nitrogens is 2. The van der Waals surface area contributed by atoms with Gasteiger partial charge in [0.2, 0.25) is 10.0 Å². The lowest BCUT2D eigenvalue weighted by Gasteiger charge is -2.37. The van der Waals surface area contributed by atoms with Crippen LogP contribution in [0.2, 0.25) is 0 Å². The summed E-state index contributed by atoms with van der Waals surface area (Å²) >= 11 is 1.45. The van der Waals surface area contributed by atoms with E-state index in [1.54, 1.807) is 183 Å². The number of fused-ring (bicyclic) bond motifs is 4. The Hall–Kier alpha value is -13.9. The number of methoxy groups -OCH3 is 12. The van der Waals surface area contributed by atoms with Gasteiger partial charge < -0.3 is 90.5 Å². The molecule has 9 aromatic carbocycles. The summed E-state index contributed by atoms with van der Waals surface area (Å²) in [6, 6.07) is 64.7. The van der Waals surface area contributed by atoms with Gasteiger partial charge in [0.05, 0.1) is 125 Å². The summed E-state index contributed by atoms with van der Waals surface area (Å²) in [5.41, 5.74) is 9.14. The molecule has 4 aliphatic rings. The molecule has 128 heavy (non-hydrogen) atoms. The zero-order chi connectivity index (χ0) is 90.2. The molecule has 16 rings (SSSR count). The molecule has 0 radical (unpaired) electrons. The van der Waals surface area contributed by atoms with E-state index in [0.29, 0.717) is 133 Å². The van der Waals surface area contributed by atoms with Crippen LogP contribution >= 0.6 is 11.3 Å². The van der Waals surface area contributed by atoms with Crippen molar-refractivity contribution in [3.05, 3.63) is 303 Å². The first-order valence-corrected chi connectivity index (χ1v) is 43.6. The number of thiophene rings is 1. The minimum atomic E-state index is -3.74. The molecule has 3 amide bonds. The summed E-state index contributed by atoms with van der Waals surface area (Å²) in [6.07, 6.45) is 7.58. The molecule has 29 heteroatoms. The van der Waals surface area contributed by atoms with Crippen molar-refractivity contribution in [1.82, 2.24) is 29.0 Å². The van der Waals surface area contributed by atoms with Gasteiger partial charge in [-0.2, -0.15) is 4.31 Å². The monoisotopic (exact) mass is 1780 g/mol. The average Bonchev–Trinajstić information content (AvgIpc) is 0.845. The third-order valence-electron chi connectivity index (χ3n) is 22.5. The molecule has 0 saturated heterocycles. The highest BCUT2D eigenvalue weighted by Crippen LogP contribution is 2.45. The average molecular weight is 1780 g/mol. The highest BCUT2D eigenvalue weighted by Gasteiger charge is 2.41. The molecule has 0 spiro atoms.